The van der Waals surface area contributed by atoms with Gasteiger partial charge in [0.2, 0.25) is 11.7 Å². The zero-order valence-electron chi connectivity index (χ0n) is 14.3. The largest absolute Gasteiger partial charge is 0.338 e. The summed E-state index contributed by atoms with van der Waals surface area (Å²) in [6.45, 7) is 2.81. The summed E-state index contributed by atoms with van der Waals surface area (Å²) in [7, 11) is 1.85. The van der Waals surface area contributed by atoms with E-state index >= 15 is 0 Å². The van der Waals surface area contributed by atoms with Gasteiger partial charge in [-0.3, -0.25) is 15.0 Å². The summed E-state index contributed by atoms with van der Waals surface area (Å²) in [5.74, 6) is 1.01. The van der Waals surface area contributed by atoms with Gasteiger partial charge in [0.25, 0.3) is 5.69 Å². The fraction of sp³-hybridized carbons (Fsp3) is 0.222. The Morgan fingerprint density at radius 1 is 1.23 bits per heavy atom. The topological polar surface area (TPSA) is 85.3 Å². The number of rotatable bonds is 6. The van der Waals surface area contributed by atoms with Gasteiger partial charge in [-0.05, 0) is 31.2 Å². The minimum atomic E-state index is -0.438. The summed E-state index contributed by atoms with van der Waals surface area (Å²) in [5, 5.41) is 15.4. The van der Waals surface area contributed by atoms with Gasteiger partial charge in [0.15, 0.2) is 0 Å². The molecule has 0 unspecified atom stereocenters. The first-order valence-corrected chi connectivity index (χ1v) is 8.32. The minimum Gasteiger partial charge on any atom is -0.338 e. The Labute approximate surface area is 155 Å². The first-order chi connectivity index (χ1) is 12.4. The molecule has 1 aromatic heterocycles. The van der Waals surface area contributed by atoms with Crippen molar-refractivity contribution in [2.75, 3.05) is 7.05 Å². The molecule has 3 rings (SSSR count). The molecule has 2 aromatic carbocycles. The van der Waals surface area contributed by atoms with E-state index in [1.54, 1.807) is 0 Å². The van der Waals surface area contributed by atoms with Crippen LogP contribution in [0.4, 0.5) is 5.69 Å². The number of halogens is 1. The van der Waals surface area contributed by atoms with Crippen LogP contribution in [0.1, 0.15) is 17.0 Å². The van der Waals surface area contributed by atoms with Gasteiger partial charge in [0.05, 0.1) is 11.5 Å². The zero-order valence-corrected chi connectivity index (χ0v) is 15.1. The van der Waals surface area contributed by atoms with E-state index in [0.29, 0.717) is 35.4 Å². The fourth-order valence-corrected chi connectivity index (χ4v) is 2.80. The molecule has 0 aliphatic heterocycles. The minimum absolute atomic E-state index is 0.0115. The second-order valence-electron chi connectivity index (χ2n) is 6.03. The average molecular weight is 373 g/mol. The number of nitro benzene ring substituents is 1. The Kier molecular flexibility index (Phi) is 5.29. The van der Waals surface area contributed by atoms with E-state index < -0.39 is 4.92 Å². The lowest BCUT2D eigenvalue weighted by Crippen LogP contribution is -2.17. The highest BCUT2D eigenvalue weighted by atomic mass is 35.5. The van der Waals surface area contributed by atoms with Crippen LogP contribution in [0.2, 0.25) is 5.02 Å². The molecular formula is C18H17ClN4O3. The number of nitro groups is 1. The smallest absolute Gasteiger partial charge is 0.269 e. The van der Waals surface area contributed by atoms with Crippen molar-refractivity contribution in [3.63, 3.8) is 0 Å². The summed E-state index contributed by atoms with van der Waals surface area (Å²) < 4.78 is 5.33. The Bertz CT molecular complexity index is 942. The second kappa shape index (κ2) is 7.63. The molecule has 7 nitrogen and oxygen atoms in total. The highest BCUT2D eigenvalue weighted by Crippen LogP contribution is 2.24. The highest BCUT2D eigenvalue weighted by molar-refractivity contribution is 6.31. The van der Waals surface area contributed by atoms with Crippen LogP contribution in [0, 0.1) is 17.0 Å². The van der Waals surface area contributed by atoms with Crippen LogP contribution in [0.5, 0.6) is 0 Å². The van der Waals surface area contributed by atoms with Crippen molar-refractivity contribution in [2.45, 2.75) is 20.0 Å². The van der Waals surface area contributed by atoms with Crippen molar-refractivity contribution in [3.05, 3.63) is 74.6 Å². The molecule has 0 aliphatic rings. The monoisotopic (exact) mass is 372 g/mol. The van der Waals surface area contributed by atoms with Gasteiger partial charge in [-0.2, -0.15) is 4.98 Å². The Hall–Kier alpha value is -2.77. The lowest BCUT2D eigenvalue weighted by Gasteiger charge is -2.15. The van der Waals surface area contributed by atoms with E-state index in [1.807, 2.05) is 43.1 Å². The molecule has 0 bridgehead atoms. The van der Waals surface area contributed by atoms with E-state index in [9.17, 15) is 10.1 Å². The third-order valence-corrected chi connectivity index (χ3v) is 4.31. The standard InChI is InChI=1S/C18H17ClN4O3/c1-12-5-3-4-6-15(12)18-20-17(26-21-18)11-22(2)10-13-9-14(23(24)25)7-8-16(13)19/h3-9H,10-11H2,1-2H3. The number of aromatic nitrogens is 2. The Morgan fingerprint density at radius 2 is 2.00 bits per heavy atom. The first-order valence-electron chi connectivity index (χ1n) is 7.94. The Morgan fingerprint density at radius 3 is 2.73 bits per heavy atom. The van der Waals surface area contributed by atoms with Crippen molar-refractivity contribution >= 4 is 17.3 Å². The van der Waals surface area contributed by atoms with Gasteiger partial charge < -0.3 is 4.52 Å². The van der Waals surface area contributed by atoms with E-state index in [0.717, 1.165) is 11.1 Å². The van der Waals surface area contributed by atoms with Crippen molar-refractivity contribution in [1.29, 1.82) is 0 Å². The molecule has 0 saturated carbocycles. The van der Waals surface area contributed by atoms with E-state index in [-0.39, 0.29) is 5.69 Å². The van der Waals surface area contributed by atoms with Crippen LogP contribution in [0.25, 0.3) is 11.4 Å². The molecule has 134 valence electrons. The summed E-state index contributed by atoms with van der Waals surface area (Å²) in [4.78, 5) is 16.8. The fourth-order valence-electron chi connectivity index (χ4n) is 2.63. The second-order valence-corrected chi connectivity index (χ2v) is 6.44. The average Bonchev–Trinajstić information content (AvgIpc) is 3.05. The van der Waals surface area contributed by atoms with Crippen molar-refractivity contribution in [3.8, 4) is 11.4 Å². The summed E-state index contributed by atoms with van der Waals surface area (Å²) in [5.41, 5.74) is 2.67. The number of hydrogen-bond donors (Lipinski definition) is 0. The highest BCUT2D eigenvalue weighted by Gasteiger charge is 2.15. The number of hydrogen-bond acceptors (Lipinski definition) is 6. The van der Waals surface area contributed by atoms with Crippen LogP contribution in [0.3, 0.4) is 0 Å². The van der Waals surface area contributed by atoms with Crippen LogP contribution in [-0.2, 0) is 13.1 Å². The third-order valence-electron chi connectivity index (χ3n) is 3.94. The molecule has 0 aliphatic carbocycles. The summed E-state index contributed by atoms with van der Waals surface area (Å²) >= 11 is 6.15. The molecule has 0 amide bonds. The van der Waals surface area contributed by atoms with E-state index in [1.165, 1.54) is 18.2 Å². The Balaban J connectivity index is 1.71. The molecule has 26 heavy (non-hydrogen) atoms. The van der Waals surface area contributed by atoms with Crippen LogP contribution in [0.15, 0.2) is 47.0 Å². The van der Waals surface area contributed by atoms with Crippen LogP contribution < -0.4 is 0 Å². The van der Waals surface area contributed by atoms with Gasteiger partial charge in [-0.15, -0.1) is 0 Å². The zero-order chi connectivity index (χ0) is 18.7. The normalized spacial score (nSPS) is 11.1. The van der Waals surface area contributed by atoms with Gasteiger partial charge in [0.1, 0.15) is 0 Å². The van der Waals surface area contributed by atoms with Crippen LogP contribution >= 0.6 is 11.6 Å². The quantitative estimate of drug-likeness (QED) is 0.475. The predicted molar refractivity (Wildman–Crippen MR) is 97.7 cm³/mol. The maximum absolute atomic E-state index is 10.9. The first kappa shape index (κ1) is 18.0. The predicted octanol–water partition coefficient (Wildman–Crippen LogP) is 4.24. The third kappa shape index (κ3) is 4.07. The molecule has 0 atom stereocenters. The SMILES string of the molecule is Cc1ccccc1-c1noc(CN(C)Cc2cc([N+](=O)[O-])ccc2Cl)n1. The molecular weight excluding hydrogens is 356 g/mol. The summed E-state index contributed by atoms with van der Waals surface area (Å²) in [6.07, 6.45) is 0. The number of benzene rings is 2. The molecule has 0 fully saturated rings. The van der Waals surface area contributed by atoms with Gasteiger partial charge in [0, 0.05) is 29.3 Å². The van der Waals surface area contributed by atoms with Gasteiger partial charge in [-0.25, -0.2) is 0 Å². The summed E-state index contributed by atoms with van der Waals surface area (Å²) in [6, 6.07) is 12.2. The maximum Gasteiger partial charge on any atom is 0.269 e. The molecule has 0 N–H and O–H groups in total. The van der Waals surface area contributed by atoms with Crippen molar-refractivity contribution < 1.29 is 9.45 Å². The van der Waals surface area contributed by atoms with E-state index in [2.05, 4.69) is 10.1 Å². The molecule has 0 saturated heterocycles. The molecule has 3 aromatic rings. The van der Waals surface area contributed by atoms with E-state index in [4.69, 9.17) is 16.1 Å². The molecule has 0 radical (unpaired) electrons. The number of nitrogens with zero attached hydrogens (tertiary/aromatic N) is 4. The molecule has 8 heteroatoms. The lowest BCUT2D eigenvalue weighted by molar-refractivity contribution is -0.384. The van der Waals surface area contributed by atoms with Crippen LogP contribution in [-0.4, -0.2) is 27.0 Å². The molecule has 1 heterocycles. The number of aryl methyl sites for hydroxylation is 1. The van der Waals surface area contributed by atoms with Crippen molar-refractivity contribution in [2.24, 2.45) is 0 Å². The van der Waals surface area contributed by atoms with Crippen molar-refractivity contribution in [1.82, 2.24) is 15.0 Å². The number of non-ortho nitro benzene ring substituents is 1. The molecule has 0 spiro atoms. The van der Waals surface area contributed by atoms with Gasteiger partial charge >= 0.3 is 0 Å². The maximum atomic E-state index is 10.9. The lowest BCUT2D eigenvalue weighted by atomic mass is 10.1. The van der Waals surface area contributed by atoms with Gasteiger partial charge in [-0.1, -0.05) is 41.0 Å².